The van der Waals surface area contributed by atoms with Crippen LogP contribution in [0.4, 0.5) is 4.39 Å². The Morgan fingerprint density at radius 3 is 2.78 bits per heavy atom. The number of rotatable bonds is 1. The van der Waals surface area contributed by atoms with Crippen LogP contribution >= 0.6 is 15.9 Å². The Bertz CT molecular complexity index is 507. The lowest BCUT2D eigenvalue weighted by Crippen LogP contribution is -2.50. The van der Waals surface area contributed by atoms with E-state index in [0.717, 1.165) is 0 Å². The molecule has 1 heterocycles. The molecule has 1 aliphatic rings. The first-order chi connectivity index (χ1) is 8.50. The molecule has 0 bridgehead atoms. The van der Waals surface area contributed by atoms with Crippen LogP contribution < -0.4 is 0 Å². The van der Waals surface area contributed by atoms with Gasteiger partial charge in [-0.2, -0.15) is 0 Å². The fraction of sp³-hybridized carbons (Fsp3) is 0.333. The molecule has 1 aliphatic heterocycles. The number of hydrogen-bond donors (Lipinski definition) is 0. The van der Waals surface area contributed by atoms with Crippen LogP contribution in [-0.4, -0.2) is 48.3 Å². The SMILES string of the molecule is CN1CCN(C(=O)c2cccc(Br)c2F)CC1=O. The number of carbonyl (C=O) groups is 2. The first-order valence-electron chi connectivity index (χ1n) is 5.48. The molecule has 18 heavy (non-hydrogen) atoms. The summed E-state index contributed by atoms with van der Waals surface area (Å²) in [5.74, 6) is -1.17. The van der Waals surface area contributed by atoms with Crippen LogP contribution in [-0.2, 0) is 4.79 Å². The quantitative estimate of drug-likeness (QED) is 0.788. The van der Waals surface area contributed by atoms with Gasteiger partial charge in [0.15, 0.2) is 0 Å². The molecule has 0 saturated carbocycles. The van der Waals surface area contributed by atoms with E-state index in [2.05, 4.69) is 15.9 Å². The summed E-state index contributed by atoms with van der Waals surface area (Å²) >= 11 is 3.04. The van der Waals surface area contributed by atoms with E-state index >= 15 is 0 Å². The van der Waals surface area contributed by atoms with Gasteiger partial charge in [0.1, 0.15) is 12.4 Å². The zero-order valence-electron chi connectivity index (χ0n) is 9.82. The van der Waals surface area contributed by atoms with Crippen LogP contribution in [0.15, 0.2) is 22.7 Å². The Hall–Kier alpha value is -1.43. The summed E-state index contributed by atoms with van der Waals surface area (Å²) in [5, 5.41) is 0. The molecule has 0 unspecified atom stereocenters. The topological polar surface area (TPSA) is 40.6 Å². The van der Waals surface area contributed by atoms with Crippen molar-refractivity contribution in [2.45, 2.75) is 0 Å². The van der Waals surface area contributed by atoms with Crippen molar-refractivity contribution in [2.24, 2.45) is 0 Å². The second-order valence-corrected chi connectivity index (χ2v) is 5.00. The number of amides is 2. The van der Waals surface area contributed by atoms with E-state index in [0.29, 0.717) is 13.1 Å². The van der Waals surface area contributed by atoms with Crippen molar-refractivity contribution >= 4 is 27.7 Å². The fourth-order valence-electron chi connectivity index (χ4n) is 1.77. The van der Waals surface area contributed by atoms with Gasteiger partial charge in [0.25, 0.3) is 5.91 Å². The highest BCUT2D eigenvalue weighted by Crippen LogP contribution is 2.20. The van der Waals surface area contributed by atoms with Gasteiger partial charge in [-0.05, 0) is 28.1 Å². The Morgan fingerprint density at radius 2 is 2.11 bits per heavy atom. The number of halogens is 2. The first-order valence-corrected chi connectivity index (χ1v) is 6.27. The number of carbonyl (C=O) groups excluding carboxylic acids is 2. The largest absolute Gasteiger partial charge is 0.342 e. The maximum Gasteiger partial charge on any atom is 0.257 e. The summed E-state index contributed by atoms with van der Waals surface area (Å²) < 4.78 is 14.0. The molecule has 1 fully saturated rings. The number of likely N-dealkylation sites (N-methyl/N-ethyl adjacent to an activating group) is 1. The average Bonchev–Trinajstić information content (AvgIpc) is 2.35. The van der Waals surface area contributed by atoms with Crippen LogP contribution in [0.5, 0.6) is 0 Å². The van der Waals surface area contributed by atoms with Crippen LogP contribution in [0.2, 0.25) is 0 Å². The summed E-state index contributed by atoms with van der Waals surface area (Å²) in [6, 6.07) is 4.55. The van der Waals surface area contributed by atoms with Gasteiger partial charge in [0.2, 0.25) is 5.91 Å². The number of hydrogen-bond acceptors (Lipinski definition) is 2. The molecule has 0 radical (unpaired) electrons. The molecular weight excluding hydrogens is 303 g/mol. The zero-order valence-corrected chi connectivity index (χ0v) is 11.4. The van der Waals surface area contributed by atoms with E-state index in [1.165, 1.54) is 17.0 Å². The van der Waals surface area contributed by atoms with Crippen LogP contribution in [0, 0.1) is 5.82 Å². The predicted octanol–water partition coefficient (Wildman–Crippen LogP) is 1.50. The molecule has 0 aliphatic carbocycles. The minimum Gasteiger partial charge on any atom is -0.342 e. The van der Waals surface area contributed by atoms with E-state index in [9.17, 15) is 14.0 Å². The molecule has 96 valence electrons. The van der Waals surface area contributed by atoms with Gasteiger partial charge in [-0.25, -0.2) is 4.39 Å². The highest BCUT2D eigenvalue weighted by molar-refractivity contribution is 9.10. The average molecular weight is 315 g/mol. The van der Waals surface area contributed by atoms with Crippen molar-refractivity contribution in [3.05, 3.63) is 34.1 Å². The third-order valence-corrected chi connectivity index (χ3v) is 3.54. The van der Waals surface area contributed by atoms with Crippen molar-refractivity contribution in [1.29, 1.82) is 0 Å². The molecule has 0 atom stereocenters. The van der Waals surface area contributed by atoms with E-state index in [1.54, 1.807) is 18.0 Å². The van der Waals surface area contributed by atoms with Crippen LogP contribution in [0.25, 0.3) is 0 Å². The van der Waals surface area contributed by atoms with Gasteiger partial charge < -0.3 is 9.80 Å². The standard InChI is InChI=1S/C12H12BrFN2O2/c1-15-5-6-16(7-10(15)17)12(18)8-3-2-4-9(13)11(8)14/h2-4H,5-7H2,1H3. The minimum absolute atomic E-state index is 0.00128. The molecule has 1 aromatic rings. The normalized spacial score (nSPS) is 16.1. The Kier molecular flexibility index (Phi) is 3.65. The summed E-state index contributed by atoms with van der Waals surface area (Å²) in [5.41, 5.74) is -0.0123. The molecule has 2 rings (SSSR count). The van der Waals surface area contributed by atoms with Crippen molar-refractivity contribution in [3.63, 3.8) is 0 Å². The third kappa shape index (κ3) is 2.38. The summed E-state index contributed by atoms with van der Waals surface area (Å²) in [6.45, 7) is 0.897. The number of benzene rings is 1. The molecule has 0 N–H and O–H groups in total. The number of piperazine rings is 1. The molecule has 1 aromatic carbocycles. The van der Waals surface area contributed by atoms with E-state index in [-0.39, 0.29) is 22.5 Å². The maximum absolute atomic E-state index is 13.8. The van der Waals surface area contributed by atoms with E-state index in [4.69, 9.17) is 0 Å². The van der Waals surface area contributed by atoms with Gasteiger partial charge >= 0.3 is 0 Å². The highest BCUT2D eigenvalue weighted by atomic mass is 79.9. The number of nitrogens with zero attached hydrogens (tertiary/aromatic N) is 2. The molecule has 4 nitrogen and oxygen atoms in total. The molecule has 2 amide bonds. The van der Waals surface area contributed by atoms with Crippen molar-refractivity contribution in [2.75, 3.05) is 26.7 Å². The Labute approximate surface area is 112 Å². The van der Waals surface area contributed by atoms with E-state index < -0.39 is 11.7 Å². The maximum atomic E-state index is 13.8. The molecule has 6 heteroatoms. The summed E-state index contributed by atoms with van der Waals surface area (Å²) in [4.78, 5) is 26.6. The van der Waals surface area contributed by atoms with Crippen molar-refractivity contribution < 1.29 is 14.0 Å². The van der Waals surface area contributed by atoms with Crippen molar-refractivity contribution in [3.8, 4) is 0 Å². The molecule has 0 aromatic heterocycles. The van der Waals surface area contributed by atoms with Crippen LogP contribution in [0.1, 0.15) is 10.4 Å². The fourth-order valence-corrected chi connectivity index (χ4v) is 2.14. The van der Waals surface area contributed by atoms with Crippen LogP contribution in [0.3, 0.4) is 0 Å². The summed E-state index contributed by atoms with van der Waals surface area (Å²) in [6.07, 6.45) is 0. The smallest absolute Gasteiger partial charge is 0.257 e. The van der Waals surface area contributed by atoms with E-state index in [1.807, 2.05) is 0 Å². The van der Waals surface area contributed by atoms with Gasteiger partial charge in [-0.3, -0.25) is 9.59 Å². The Balaban J connectivity index is 2.22. The van der Waals surface area contributed by atoms with Gasteiger partial charge in [-0.15, -0.1) is 0 Å². The monoisotopic (exact) mass is 314 g/mol. The third-order valence-electron chi connectivity index (χ3n) is 2.93. The zero-order chi connectivity index (χ0) is 13.3. The Morgan fingerprint density at radius 1 is 1.39 bits per heavy atom. The lowest BCUT2D eigenvalue weighted by atomic mass is 10.1. The lowest BCUT2D eigenvalue weighted by molar-refractivity contribution is -0.133. The first kappa shape index (κ1) is 13.0. The second kappa shape index (κ2) is 5.06. The second-order valence-electron chi connectivity index (χ2n) is 4.14. The molecular formula is C12H12BrFN2O2. The summed E-state index contributed by atoms with van der Waals surface area (Å²) in [7, 11) is 1.68. The van der Waals surface area contributed by atoms with Gasteiger partial charge in [0, 0.05) is 20.1 Å². The minimum atomic E-state index is -0.589. The van der Waals surface area contributed by atoms with Gasteiger partial charge in [-0.1, -0.05) is 6.07 Å². The highest BCUT2D eigenvalue weighted by Gasteiger charge is 2.27. The van der Waals surface area contributed by atoms with Crippen molar-refractivity contribution in [1.82, 2.24) is 9.80 Å². The van der Waals surface area contributed by atoms with Gasteiger partial charge in [0.05, 0.1) is 10.0 Å². The lowest BCUT2D eigenvalue weighted by Gasteiger charge is -2.32. The predicted molar refractivity (Wildman–Crippen MR) is 67.6 cm³/mol. The molecule has 0 spiro atoms. The molecule has 1 saturated heterocycles.